The van der Waals surface area contributed by atoms with Gasteiger partial charge in [0.1, 0.15) is 12.3 Å². The molecule has 1 aromatic carbocycles. The van der Waals surface area contributed by atoms with Crippen LogP contribution in [0.1, 0.15) is 32.1 Å². The van der Waals surface area contributed by atoms with Gasteiger partial charge in [-0.3, -0.25) is 14.4 Å². The number of carbonyl (C=O) groups is 3. The van der Waals surface area contributed by atoms with Crippen molar-refractivity contribution in [1.82, 2.24) is 9.80 Å². The number of nitrogens with zero attached hydrogens (tertiary/aromatic N) is 3. The van der Waals surface area contributed by atoms with Gasteiger partial charge in [0.05, 0.1) is 25.2 Å². The molecule has 1 saturated carbocycles. The van der Waals surface area contributed by atoms with Crippen molar-refractivity contribution in [1.29, 1.82) is 0 Å². The highest BCUT2D eigenvalue weighted by Gasteiger charge is 2.50. The van der Waals surface area contributed by atoms with Crippen molar-refractivity contribution >= 4 is 23.4 Å². The van der Waals surface area contributed by atoms with Crippen molar-refractivity contribution in [2.45, 2.75) is 37.6 Å². The normalized spacial score (nSPS) is 23.2. The molecule has 168 valence electrons. The first-order chi connectivity index (χ1) is 15.0. The van der Waals surface area contributed by atoms with Crippen LogP contribution in [0.3, 0.4) is 0 Å². The zero-order valence-electron chi connectivity index (χ0n) is 18.3. The molecule has 0 bridgehead atoms. The Kier molecular flexibility index (Phi) is 6.18. The van der Waals surface area contributed by atoms with Gasteiger partial charge in [-0.25, -0.2) is 0 Å². The Balaban J connectivity index is 1.52. The number of carbonyl (C=O) groups excluding carboxylic acids is 3. The minimum absolute atomic E-state index is 0.0193. The zero-order valence-corrected chi connectivity index (χ0v) is 18.3. The SMILES string of the molecule is COCCN1CC(C(=O)N2CC(=O)N(c3ccc(OC)cc3)C3(CCCC3)C2)CC1=O. The van der Waals surface area contributed by atoms with Crippen molar-refractivity contribution in [3.05, 3.63) is 24.3 Å². The predicted molar refractivity (Wildman–Crippen MR) is 115 cm³/mol. The van der Waals surface area contributed by atoms with Crippen molar-refractivity contribution < 1.29 is 23.9 Å². The Bertz CT molecular complexity index is 834. The summed E-state index contributed by atoms with van der Waals surface area (Å²) in [5.74, 6) is 0.196. The van der Waals surface area contributed by atoms with Crippen LogP contribution in [0.2, 0.25) is 0 Å². The average molecular weight is 430 g/mol. The number of amides is 3. The number of likely N-dealkylation sites (tertiary alicyclic amines) is 1. The number of anilines is 1. The third-order valence-corrected chi connectivity index (χ3v) is 6.84. The summed E-state index contributed by atoms with van der Waals surface area (Å²) in [6, 6.07) is 7.55. The van der Waals surface area contributed by atoms with E-state index in [0.29, 0.717) is 26.2 Å². The van der Waals surface area contributed by atoms with Crippen molar-refractivity contribution in [3.8, 4) is 5.75 Å². The Morgan fingerprint density at radius 1 is 1.10 bits per heavy atom. The summed E-state index contributed by atoms with van der Waals surface area (Å²) in [5, 5.41) is 0. The summed E-state index contributed by atoms with van der Waals surface area (Å²) in [6.45, 7) is 1.92. The second-order valence-electron chi connectivity index (χ2n) is 8.79. The molecule has 2 saturated heterocycles. The minimum atomic E-state index is -0.386. The summed E-state index contributed by atoms with van der Waals surface area (Å²) in [7, 11) is 3.21. The zero-order chi connectivity index (χ0) is 22.0. The Morgan fingerprint density at radius 2 is 1.81 bits per heavy atom. The summed E-state index contributed by atoms with van der Waals surface area (Å²) >= 11 is 0. The van der Waals surface area contributed by atoms with Gasteiger partial charge in [0.25, 0.3) is 0 Å². The molecule has 1 aliphatic carbocycles. The van der Waals surface area contributed by atoms with Gasteiger partial charge in [0.15, 0.2) is 0 Å². The van der Waals surface area contributed by atoms with E-state index < -0.39 is 0 Å². The standard InChI is InChI=1S/C23H31N3O5/c1-30-12-11-24-14-17(13-20(24)27)22(29)25-15-21(28)26(23(16-25)9-3-4-10-23)18-5-7-19(31-2)8-6-18/h5-8,17H,3-4,9-16H2,1-2H3. The van der Waals surface area contributed by atoms with E-state index in [0.717, 1.165) is 37.1 Å². The van der Waals surface area contributed by atoms with Crippen LogP contribution < -0.4 is 9.64 Å². The van der Waals surface area contributed by atoms with Crippen LogP contribution >= 0.6 is 0 Å². The first kappa shape index (κ1) is 21.6. The van der Waals surface area contributed by atoms with Gasteiger partial charge in [-0.05, 0) is 37.1 Å². The Hall–Kier alpha value is -2.61. The summed E-state index contributed by atoms with van der Waals surface area (Å²) in [6.07, 6.45) is 4.03. The largest absolute Gasteiger partial charge is 0.497 e. The van der Waals surface area contributed by atoms with Gasteiger partial charge in [0, 0.05) is 38.9 Å². The molecule has 1 spiro atoms. The molecule has 0 radical (unpaired) electrons. The van der Waals surface area contributed by atoms with Crippen LogP contribution in [0.25, 0.3) is 0 Å². The summed E-state index contributed by atoms with van der Waals surface area (Å²) in [4.78, 5) is 44.2. The van der Waals surface area contributed by atoms with Crippen molar-refractivity contribution in [2.75, 3.05) is 51.9 Å². The summed E-state index contributed by atoms with van der Waals surface area (Å²) in [5.41, 5.74) is 0.472. The van der Waals surface area contributed by atoms with E-state index in [1.54, 1.807) is 24.0 Å². The van der Waals surface area contributed by atoms with Crippen molar-refractivity contribution in [2.24, 2.45) is 5.92 Å². The van der Waals surface area contributed by atoms with Crippen molar-refractivity contribution in [3.63, 3.8) is 0 Å². The topological polar surface area (TPSA) is 79.4 Å². The highest BCUT2D eigenvalue weighted by atomic mass is 16.5. The van der Waals surface area contributed by atoms with Gasteiger partial charge in [-0.1, -0.05) is 12.8 Å². The molecule has 3 fully saturated rings. The second-order valence-corrected chi connectivity index (χ2v) is 8.79. The van der Waals surface area contributed by atoms with Crippen LogP contribution in [-0.4, -0.2) is 80.1 Å². The molecule has 3 amide bonds. The van der Waals surface area contributed by atoms with E-state index in [9.17, 15) is 14.4 Å². The Morgan fingerprint density at radius 3 is 2.45 bits per heavy atom. The van der Waals surface area contributed by atoms with E-state index in [-0.39, 0.29) is 42.1 Å². The lowest BCUT2D eigenvalue weighted by Crippen LogP contribution is -2.65. The molecule has 8 heteroatoms. The fourth-order valence-corrected chi connectivity index (χ4v) is 5.31. The molecular formula is C23H31N3O5. The quantitative estimate of drug-likeness (QED) is 0.688. The molecule has 1 unspecified atom stereocenters. The third kappa shape index (κ3) is 4.13. The number of methoxy groups -OCH3 is 2. The number of ether oxygens (including phenoxy) is 2. The molecule has 1 aromatic rings. The first-order valence-corrected chi connectivity index (χ1v) is 11.0. The molecule has 2 heterocycles. The maximum atomic E-state index is 13.3. The van der Waals surface area contributed by atoms with E-state index in [4.69, 9.17) is 9.47 Å². The van der Waals surface area contributed by atoms with Gasteiger partial charge in [-0.2, -0.15) is 0 Å². The third-order valence-electron chi connectivity index (χ3n) is 6.84. The van der Waals surface area contributed by atoms with Gasteiger partial charge in [-0.15, -0.1) is 0 Å². The van der Waals surface area contributed by atoms with Crippen LogP contribution in [-0.2, 0) is 19.1 Å². The molecule has 8 nitrogen and oxygen atoms in total. The second kappa shape index (κ2) is 8.86. The van der Waals surface area contributed by atoms with E-state index in [1.807, 2.05) is 29.2 Å². The minimum Gasteiger partial charge on any atom is -0.497 e. The smallest absolute Gasteiger partial charge is 0.247 e. The van der Waals surface area contributed by atoms with E-state index >= 15 is 0 Å². The van der Waals surface area contributed by atoms with Crippen LogP contribution in [0.5, 0.6) is 5.75 Å². The number of benzene rings is 1. The monoisotopic (exact) mass is 429 g/mol. The van der Waals surface area contributed by atoms with Gasteiger partial charge >= 0.3 is 0 Å². The van der Waals surface area contributed by atoms with Gasteiger partial charge in [0.2, 0.25) is 17.7 Å². The lowest BCUT2D eigenvalue weighted by Gasteiger charge is -2.49. The maximum Gasteiger partial charge on any atom is 0.247 e. The fourth-order valence-electron chi connectivity index (χ4n) is 5.31. The molecule has 0 N–H and O–H groups in total. The highest BCUT2D eigenvalue weighted by molar-refractivity contribution is 6.00. The van der Waals surface area contributed by atoms with Crippen LogP contribution in [0, 0.1) is 5.92 Å². The molecule has 1 atom stereocenters. The number of piperazine rings is 1. The molecule has 2 aliphatic heterocycles. The number of hydrogen-bond donors (Lipinski definition) is 0. The van der Waals surface area contributed by atoms with E-state index in [1.165, 1.54) is 0 Å². The van der Waals surface area contributed by atoms with Crippen LogP contribution in [0.15, 0.2) is 24.3 Å². The summed E-state index contributed by atoms with van der Waals surface area (Å²) < 4.78 is 10.3. The maximum absolute atomic E-state index is 13.3. The average Bonchev–Trinajstić information content (AvgIpc) is 3.38. The van der Waals surface area contributed by atoms with Crippen LogP contribution in [0.4, 0.5) is 5.69 Å². The molecule has 31 heavy (non-hydrogen) atoms. The first-order valence-electron chi connectivity index (χ1n) is 11.0. The van der Waals surface area contributed by atoms with E-state index in [2.05, 4.69) is 0 Å². The molecule has 3 aliphatic rings. The fraction of sp³-hybridized carbons (Fsp3) is 0.609. The molecule has 4 rings (SSSR count). The Labute approximate surface area is 183 Å². The highest BCUT2D eigenvalue weighted by Crippen LogP contribution is 2.42. The predicted octanol–water partition coefficient (Wildman–Crippen LogP) is 1.68. The van der Waals surface area contributed by atoms with Gasteiger partial charge < -0.3 is 24.2 Å². The lowest BCUT2D eigenvalue weighted by atomic mass is 9.89. The molecule has 0 aromatic heterocycles. The molecular weight excluding hydrogens is 398 g/mol. The number of hydrogen-bond acceptors (Lipinski definition) is 5. The lowest BCUT2D eigenvalue weighted by molar-refractivity contribution is -0.142. The number of rotatable bonds is 6.